The van der Waals surface area contributed by atoms with E-state index in [0.29, 0.717) is 5.56 Å². The summed E-state index contributed by atoms with van der Waals surface area (Å²) in [7, 11) is 1.92. The molecule has 6 heteroatoms. The van der Waals surface area contributed by atoms with Crippen LogP contribution in [0, 0.1) is 0 Å². The SMILES string of the molecule is Cn1c(CO[C@H]2CN(C(=O)c3ccccc3)C[C@H]2F)nc2ccccc21. The Balaban J connectivity index is 1.42. The second-order valence-electron chi connectivity index (χ2n) is 6.52. The number of aromatic nitrogens is 2. The van der Waals surface area contributed by atoms with Crippen LogP contribution >= 0.6 is 0 Å². The molecule has 0 unspecified atom stereocenters. The summed E-state index contributed by atoms with van der Waals surface area (Å²) in [5.41, 5.74) is 2.46. The summed E-state index contributed by atoms with van der Waals surface area (Å²) < 4.78 is 22.1. The molecule has 0 spiro atoms. The highest BCUT2D eigenvalue weighted by Gasteiger charge is 2.36. The first-order valence-electron chi connectivity index (χ1n) is 8.64. The van der Waals surface area contributed by atoms with E-state index >= 15 is 0 Å². The number of fused-ring (bicyclic) bond motifs is 1. The molecule has 2 heterocycles. The van der Waals surface area contributed by atoms with E-state index in [2.05, 4.69) is 4.98 Å². The molecule has 0 saturated carbocycles. The quantitative estimate of drug-likeness (QED) is 0.725. The van der Waals surface area contributed by atoms with E-state index in [4.69, 9.17) is 4.74 Å². The van der Waals surface area contributed by atoms with Gasteiger partial charge in [-0.2, -0.15) is 0 Å². The average molecular weight is 353 g/mol. The van der Waals surface area contributed by atoms with E-state index in [1.807, 2.05) is 41.9 Å². The molecular formula is C20H20FN3O2. The third kappa shape index (κ3) is 3.08. The number of hydrogen-bond donors (Lipinski definition) is 0. The van der Waals surface area contributed by atoms with Gasteiger partial charge in [0.2, 0.25) is 0 Å². The van der Waals surface area contributed by atoms with Gasteiger partial charge in [0.05, 0.1) is 24.1 Å². The van der Waals surface area contributed by atoms with Crippen molar-refractivity contribution in [3.63, 3.8) is 0 Å². The van der Waals surface area contributed by atoms with Crippen LogP contribution in [-0.2, 0) is 18.4 Å². The van der Waals surface area contributed by atoms with Gasteiger partial charge in [0.15, 0.2) is 0 Å². The highest BCUT2D eigenvalue weighted by Crippen LogP contribution is 2.21. The van der Waals surface area contributed by atoms with Crippen molar-refractivity contribution < 1.29 is 13.9 Å². The number of halogens is 1. The Labute approximate surface area is 151 Å². The predicted molar refractivity (Wildman–Crippen MR) is 96.5 cm³/mol. The van der Waals surface area contributed by atoms with Crippen LogP contribution in [0.4, 0.5) is 4.39 Å². The normalized spacial score (nSPS) is 20.0. The fraction of sp³-hybridized carbons (Fsp3) is 0.300. The maximum Gasteiger partial charge on any atom is 0.254 e. The predicted octanol–water partition coefficient (Wildman–Crippen LogP) is 2.95. The zero-order valence-electron chi connectivity index (χ0n) is 14.5. The molecule has 1 aromatic heterocycles. The van der Waals surface area contributed by atoms with Crippen molar-refractivity contribution >= 4 is 16.9 Å². The molecule has 0 N–H and O–H groups in total. The molecule has 0 bridgehead atoms. The molecular weight excluding hydrogens is 333 g/mol. The number of aryl methyl sites for hydroxylation is 1. The minimum Gasteiger partial charge on any atom is -0.365 e. The maximum atomic E-state index is 14.4. The topological polar surface area (TPSA) is 47.4 Å². The van der Waals surface area contributed by atoms with E-state index in [9.17, 15) is 9.18 Å². The summed E-state index contributed by atoms with van der Waals surface area (Å²) in [6, 6.07) is 16.7. The molecule has 2 atom stereocenters. The minimum absolute atomic E-state index is 0.0565. The van der Waals surface area contributed by atoms with Crippen molar-refractivity contribution in [2.45, 2.75) is 18.9 Å². The van der Waals surface area contributed by atoms with Crippen LogP contribution in [0.2, 0.25) is 0 Å². The number of carbonyl (C=O) groups excluding carboxylic acids is 1. The summed E-state index contributed by atoms with van der Waals surface area (Å²) in [4.78, 5) is 18.5. The molecule has 0 radical (unpaired) electrons. The first-order valence-corrected chi connectivity index (χ1v) is 8.64. The van der Waals surface area contributed by atoms with Crippen molar-refractivity contribution in [3.05, 3.63) is 66.0 Å². The molecule has 3 aromatic rings. The number of hydrogen-bond acceptors (Lipinski definition) is 3. The third-order valence-electron chi connectivity index (χ3n) is 4.81. The smallest absolute Gasteiger partial charge is 0.254 e. The van der Waals surface area contributed by atoms with Crippen LogP contribution in [-0.4, -0.2) is 45.7 Å². The highest BCUT2D eigenvalue weighted by molar-refractivity contribution is 5.94. The summed E-state index contributed by atoms with van der Waals surface area (Å²) in [6.07, 6.45) is -1.83. The largest absolute Gasteiger partial charge is 0.365 e. The number of nitrogens with zero attached hydrogens (tertiary/aromatic N) is 3. The van der Waals surface area contributed by atoms with Gasteiger partial charge in [0, 0.05) is 12.6 Å². The number of likely N-dealkylation sites (tertiary alicyclic amines) is 1. The number of carbonyl (C=O) groups is 1. The molecule has 1 fully saturated rings. The molecule has 0 aliphatic carbocycles. The average Bonchev–Trinajstić information content (AvgIpc) is 3.20. The number of benzene rings is 2. The fourth-order valence-corrected chi connectivity index (χ4v) is 3.33. The van der Waals surface area contributed by atoms with E-state index < -0.39 is 12.3 Å². The monoisotopic (exact) mass is 353 g/mol. The van der Waals surface area contributed by atoms with E-state index in [1.165, 1.54) is 4.90 Å². The first-order chi connectivity index (χ1) is 12.6. The number of alkyl halides is 1. The van der Waals surface area contributed by atoms with E-state index in [1.54, 1.807) is 24.3 Å². The molecule has 134 valence electrons. The minimum atomic E-state index is -1.20. The lowest BCUT2D eigenvalue weighted by atomic mass is 10.2. The van der Waals surface area contributed by atoms with Gasteiger partial charge in [-0.05, 0) is 24.3 Å². The molecule has 1 amide bonds. The molecule has 1 aliphatic rings. The van der Waals surface area contributed by atoms with E-state index in [-0.39, 0.29) is 25.6 Å². The van der Waals surface area contributed by atoms with Gasteiger partial charge in [0.1, 0.15) is 24.7 Å². The molecule has 5 nitrogen and oxygen atoms in total. The second kappa shape index (κ2) is 6.88. The maximum absolute atomic E-state index is 14.4. The highest BCUT2D eigenvalue weighted by atomic mass is 19.1. The lowest BCUT2D eigenvalue weighted by molar-refractivity contribution is 0.00774. The Morgan fingerprint density at radius 2 is 1.88 bits per heavy atom. The molecule has 4 rings (SSSR count). The van der Waals surface area contributed by atoms with Crippen molar-refractivity contribution in [2.75, 3.05) is 13.1 Å². The van der Waals surface area contributed by atoms with Gasteiger partial charge in [-0.25, -0.2) is 9.37 Å². The van der Waals surface area contributed by atoms with Gasteiger partial charge >= 0.3 is 0 Å². The van der Waals surface area contributed by atoms with Crippen LogP contribution in [0.25, 0.3) is 11.0 Å². The summed E-state index contributed by atoms with van der Waals surface area (Å²) in [5, 5.41) is 0. The summed E-state index contributed by atoms with van der Waals surface area (Å²) in [5.74, 6) is 0.577. The lowest BCUT2D eigenvalue weighted by Crippen LogP contribution is -2.30. The van der Waals surface area contributed by atoms with Gasteiger partial charge in [-0.15, -0.1) is 0 Å². The third-order valence-corrected chi connectivity index (χ3v) is 4.81. The van der Waals surface area contributed by atoms with Gasteiger partial charge < -0.3 is 14.2 Å². The Morgan fingerprint density at radius 1 is 1.15 bits per heavy atom. The molecule has 2 aromatic carbocycles. The van der Waals surface area contributed by atoms with Crippen LogP contribution in [0.3, 0.4) is 0 Å². The van der Waals surface area contributed by atoms with Crippen molar-refractivity contribution in [1.82, 2.24) is 14.5 Å². The molecule has 1 aliphatic heterocycles. The van der Waals surface area contributed by atoms with Crippen molar-refractivity contribution in [2.24, 2.45) is 7.05 Å². The zero-order chi connectivity index (χ0) is 18.1. The molecule has 26 heavy (non-hydrogen) atoms. The number of para-hydroxylation sites is 2. The Bertz CT molecular complexity index is 925. The number of amides is 1. The van der Waals surface area contributed by atoms with Gasteiger partial charge in [-0.1, -0.05) is 30.3 Å². The number of ether oxygens (including phenoxy) is 1. The van der Waals surface area contributed by atoms with E-state index in [0.717, 1.165) is 16.9 Å². The summed E-state index contributed by atoms with van der Waals surface area (Å²) >= 11 is 0. The van der Waals surface area contributed by atoms with Crippen LogP contribution < -0.4 is 0 Å². The van der Waals surface area contributed by atoms with Crippen LogP contribution in [0.1, 0.15) is 16.2 Å². The lowest BCUT2D eigenvalue weighted by Gasteiger charge is -2.16. The Hall–Kier alpha value is -2.73. The molecule has 1 saturated heterocycles. The Morgan fingerprint density at radius 3 is 2.65 bits per heavy atom. The summed E-state index contributed by atoms with van der Waals surface area (Å²) in [6.45, 7) is 0.517. The van der Waals surface area contributed by atoms with Crippen molar-refractivity contribution in [3.8, 4) is 0 Å². The van der Waals surface area contributed by atoms with Gasteiger partial charge in [-0.3, -0.25) is 4.79 Å². The number of imidazole rings is 1. The van der Waals surface area contributed by atoms with Gasteiger partial charge in [0.25, 0.3) is 5.91 Å². The van der Waals surface area contributed by atoms with Crippen molar-refractivity contribution in [1.29, 1.82) is 0 Å². The first kappa shape index (κ1) is 16.7. The standard InChI is InChI=1S/C20H20FN3O2/c1-23-17-10-6-5-9-16(17)22-19(23)13-26-18-12-24(11-15(18)21)20(25)14-7-3-2-4-8-14/h2-10,15,18H,11-13H2,1H3/t15-,18+/m1/s1. The Kier molecular flexibility index (Phi) is 4.42. The zero-order valence-corrected chi connectivity index (χ0v) is 14.5. The second-order valence-corrected chi connectivity index (χ2v) is 6.52. The van der Waals surface area contributed by atoms with Crippen LogP contribution in [0.15, 0.2) is 54.6 Å². The van der Waals surface area contributed by atoms with Crippen LogP contribution in [0.5, 0.6) is 0 Å². The number of rotatable bonds is 4. The fourth-order valence-electron chi connectivity index (χ4n) is 3.33.